The Balaban J connectivity index is 1.72. The van der Waals surface area contributed by atoms with Gasteiger partial charge in [-0.1, -0.05) is 18.2 Å². The fourth-order valence-electron chi connectivity index (χ4n) is 3.31. The van der Waals surface area contributed by atoms with E-state index < -0.39 is 21.5 Å². The van der Waals surface area contributed by atoms with Crippen molar-refractivity contribution in [2.24, 2.45) is 0 Å². The summed E-state index contributed by atoms with van der Waals surface area (Å²) in [4.78, 5) is 33.1. The van der Waals surface area contributed by atoms with Crippen LogP contribution in [0.25, 0.3) is 12.2 Å². The van der Waals surface area contributed by atoms with Crippen LogP contribution in [-0.2, 0) is 4.79 Å². The van der Waals surface area contributed by atoms with Crippen molar-refractivity contribution in [1.82, 2.24) is 0 Å². The first kappa shape index (κ1) is 24.9. The van der Waals surface area contributed by atoms with E-state index in [1.807, 2.05) is 32.0 Å². The average Bonchev–Trinajstić information content (AvgIpc) is 2.81. The van der Waals surface area contributed by atoms with Gasteiger partial charge < -0.3 is 14.2 Å². The minimum absolute atomic E-state index is 0.181. The Morgan fingerprint density at radius 2 is 1.60 bits per heavy atom. The second-order valence-electron chi connectivity index (χ2n) is 7.59. The number of nitro benzene ring substituents is 2. The Kier molecular flexibility index (Phi) is 7.77. The van der Waals surface area contributed by atoms with Crippen LogP contribution in [0.1, 0.15) is 22.3 Å². The zero-order chi connectivity index (χ0) is 25.5. The number of benzene rings is 3. The molecule has 0 aliphatic carbocycles. The lowest BCUT2D eigenvalue weighted by atomic mass is 10.1. The summed E-state index contributed by atoms with van der Waals surface area (Å²) in [6.45, 7) is 3.56. The van der Waals surface area contributed by atoms with Crippen LogP contribution in [-0.4, -0.2) is 29.5 Å². The number of aryl methyl sites for hydroxylation is 2. The number of esters is 1. The monoisotopic (exact) mass is 478 g/mol. The molecule has 10 heteroatoms. The van der Waals surface area contributed by atoms with Gasteiger partial charge in [-0.05, 0) is 66.9 Å². The molecule has 0 aliphatic rings. The highest BCUT2D eigenvalue weighted by molar-refractivity contribution is 5.77. The number of ether oxygens (including phenoxy) is 3. The number of carbonyl (C=O) groups is 1. The van der Waals surface area contributed by atoms with Gasteiger partial charge >= 0.3 is 5.97 Å². The molecule has 3 rings (SSSR count). The number of carbonyl (C=O) groups excluding carboxylic acids is 1. The van der Waals surface area contributed by atoms with Crippen LogP contribution in [0.4, 0.5) is 11.4 Å². The van der Waals surface area contributed by atoms with Crippen molar-refractivity contribution in [3.63, 3.8) is 0 Å². The maximum atomic E-state index is 12.3. The Morgan fingerprint density at radius 1 is 0.886 bits per heavy atom. The van der Waals surface area contributed by atoms with Crippen molar-refractivity contribution >= 4 is 29.5 Å². The van der Waals surface area contributed by atoms with Crippen molar-refractivity contribution in [3.8, 4) is 17.2 Å². The van der Waals surface area contributed by atoms with Crippen LogP contribution in [0.5, 0.6) is 17.2 Å². The van der Waals surface area contributed by atoms with Crippen LogP contribution in [0.2, 0.25) is 0 Å². The summed E-state index contributed by atoms with van der Waals surface area (Å²) >= 11 is 0. The first-order chi connectivity index (χ1) is 16.7. The van der Waals surface area contributed by atoms with Crippen molar-refractivity contribution in [3.05, 3.63) is 97.1 Å². The number of hydrogen-bond donors (Lipinski definition) is 0. The van der Waals surface area contributed by atoms with Crippen LogP contribution in [0, 0.1) is 34.1 Å². The van der Waals surface area contributed by atoms with E-state index in [0.29, 0.717) is 11.3 Å². The molecule has 180 valence electrons. The van der Waals surface area contributed by atoms with E-state index in [4.69, 9.17) is 14.2 Å². The van der Waals surface area contributed by atoms with Crippen molar-refractivity contribution < 1.29 is 28.9 Å². The second kappa shape index (κ2) is 10.9. The third-order valence-electron chi connectivity index (χ3n) is 4.84. The summed E-state index contributed by atoms with van der Waals surface area (Å²) in [5.74, 6) is 0.393. The van der Waals surface area contributed by atoms with Gasteiger partial charge in [-0.2, -0.15) is 0 Å². The lowest BCUT2D eigenvalue weighted by Gasteiger charge is -2.11. The largest absolute Gasteiger partial charge is 0.493 e. The highest BCUT2D eigenvalue weighted by Gasteiger charge is 2.18. The van der Waals surface area contributed by atoms with E-state index in [-0.39, 0.29) is 29.4 Å². The van der Waals surface area contributed by atoms with E-state index >= 15 is 0 Å². The molecular weight excluding hydrogens is 456 g/mol. The highest BCUT2D eigenvalue weighted by atomic mass is 16.6. The SMILES string of the molecule is COc1cc(C=Cc2ccc([N+](=O)[O-])cc2[N+](=O)[O-])ccc1OC(=O)COc1cc(C)cc(C)c1. The molecule has 0 saturated carbocycles. The van der Waals surface area contributed by atoms with Gasteiger partial charge in [0.25, 0.3) is 11.4 Å². The van der Waals surface area contributed by atoms with E-state index in [0.717, 1.165) is 17.2 Å². The summed E-state index contributed by atoms with van der Waals surface area (Å²) in [5.41, 5.74) is 2.05. The fraction of sp³-hybridized carbons (Fsp3) is 0.160. The van der Waals surface area contributed by atoms with Crippen LogP contribution in [0.3, 0.4) is 0 Å². The number of nitrogens with zero attached hydrogens (tertiary/aromatic N) is 2. The topological polar surface area (TPSA) is 131 Å². The maximum Gasteiger partial charge on any atom is 0.349 e. The van der Waals surface area contributed by atoms with Gasteiger partial charge in [-0.3, -0.25) is 20.2 Å². The van der Waals surface area contributed by atoms with Crippen molar-refractivity contribution in [2.75, 3.05) is 13.7 Å². The predicted molar refractivity (Wildman–Crippen MR) is 129 cm³/mol. The van der Waals surface area contributed by atoms with Crippen molar-refractivity contribution in [2.45, 2.75) is 13.8 Å². The van der Waals surface area contributed by atoms with E-state index in [2.05, 4.69) is 0 Å². The van der Waals surface area contributed by atoms with Crippen molar-refractivity contribution in [1.29, 1.82) is 0 Å². The molecule has 0 atom stereocenters. The zero-order valence-corrected chi connectivity index (χ0v) is 19.2. The molecule has 0 fully saturated rings. The van der Waals surface area contributed by atoms with Crippen LogP contribution in [0.15, 0.2) is 54.6 Å². The van der Waals surface area contributed by atoms with Gasteiger partial charge in [0.15, 0.2) is 18.1 Å². The fourth-order valence-corrected chi connectivity index (χ4v) is 3.31. The van der Waals surface area contributed by atoms with E-state index in [1.165, 1.54) is 31.4 Å². The summed E-state index contributed by atoms with van der Waals surface area (Å²) in [6, 6.07) is 13.8. The summed E-state index contributed by atoms with van der Waals surface area (Å²) < 4.78 is 16.2. The molecule has 0 amide bonds. The Morgan fingerprint density at radius 3 is 2.23 bits per heavy atom. The Hall–Kier alpha value is -4.73. The average molecular weight is 478 g/mol. The third-order valence-corrected chi connectivity index (χ3v) is 4.84. The van der Waals surface area contributed by atoms with Gasteiger partial charge in [0.1, 0.15) is 5.75 Å². The minimum Gasteiger partial charge on any atom is -0.493 e. The summed E-state index contributed by atoms with van der Waals surface area (Å²) in [5, 5.41) is 22.2. The standard InChI is InChI=1S/C25H22N2O8/c1-16-10-17(2)12-21(11-16)34-15-25(28)35-23-9-5-18(13-24(23)33-3)4-6-19-7-8-20(26(29)30)14-22(19)27(31)32/h4-14H,15H2,1-3H3. The molecule has 35 heavy (non-hydrogen) atoms. The maximum absolute atomic E-state index is 12.3. The molecule has 3 aromatic carbocycles. The van der Waals surface area contributed by atoms with E-state index in [9.17, 15) is 25.0 Å². The third kappa shape index (κ3) is 6.64. The molecule has 0 N–H and O–H groups in total. The number of rotatable bonds is 9. The quantitative estimate of drug-likeness (QED) is 0.133. The van der Waals surface area contributed by atoms with Gasteiger partial charge in [0, 0.05) is 6.07 Å². The predicted octanol–water partition coefficient (Wildman–Crippen LogP) is 5.28. The summed E-state index contributed by atoms with van der Waals surface area (Å²) in [7, 11) is 1.41. The second-order valence-corrected chi connectivity index (χ2v) is 7.59. The van der Waals surface area contributed by atoms with Gasteiger partial charge in [-0.15, -0.1) is 0 Å². The molecule has 0 heterocycles. The smallest absolute Gasteiger partial charge is 0.349 e. The molecule has 0 unspecified atom stereocenters. The van der Waals surface area contributed by atoms with Gasteiger partial charge in [0.2, 0.25) is 0 Å². The van der Waals surface area contributed by atoms with E-state index in [1.54, 1.807) is 18.2 Å². The minimum atomic E-state index is -0.696. The van der Waals surface area contributed by atoms with Gasteiger partial charge in [-0.25, -0.2) is 4.79 Å². The molecular formula is C25H22N2O8. The molecule has 0 spiro atoms. The van der Waals surface area contributed by atoms with Crippen LogP contribution < -0.4 is 14.2 Å². The number of methoxy groups -OCH3 is 1. The normalized spacial score (nSPS) is 10.7. The Labute approximate surface area is 200 Å². The Bertz CT molecular complexity index is 1300. The number of nitro groups is 2. The highest BCUT2D eigenvalue weighted by Crippen LogP contribution is 2.30. The molecule has 0 saturated heterocycles. The van der Waals surface area contributed by atoms with Gasteiger partial charge in [0.05, 0.1) is 28.6 Å². The summed E-state index contributed by atoms with van der Waals surface area (Å²) in [6.07, 6.45) is 3.03. The number of hydrogen-bond acceptors (Lipinski definition) is 8. The molecule has 3 aromatic rings. The number of non-ortho nitro benzene ring substituents is 1. The molecule has 0 aromatic heterocycles. The molecule has 10 nitrogen and oxygen atoms in total. The molecule has 0 bridgehead atoms. The first-order valence-corrected chi connectivity index (χ1v) is 10.4. The molecule has 0 radical (unpaired) electrons. The first-order valence-electron chi connectivity index (χ1n) is 10.4. The zero-order valence-electron chi connectivity index (χ0n) is 19.2. The lowest BCUT2D eigenvalue weighted by molar-refractivity contribution is -0.394. The lowest BCUT2D eigenvalue weighted by Crippen LogP contribution is -2.18. The van der Waals surface area contributed by atoms with Crippen LogP contribution >= 0.6 is 0 Å². The molecule has 0 aliphatic heterocycles.